The van der Waals surface area contributed by atoms with Gasteiger partial charge in [0.15, 0.2) is 0 Å². The van der Waals surface area contributed by atoms with Crippen molar-refractivity contribution in [2.45, 2.75) is 36.7 Å². The van der Waals surface area contributed by atoms with Crippen LogP contribution in [0.4, 0.5) is 0 Å². The summed E-state index contributed by atoms with van der Waals surface area (Å²) in [5.74, 6) is 1.07. The number of rotatable bonds is 5. The van der Waals surface area contributed by atoms with Gasteiger partial charge in [0.2, 0.25) is 0 Å². The first-order valence-electron chi connectivity index (χ1n) is 5.74. The zero-order chi connectivity index (χ0) is 10.3. The molecule has 0 unspecified atom stereocenters. The molecular formula is C13H18OS. The molecule has 1 aromatic carbocycles. The van der Waals surface area contributed by atoms with Crippen LogP contribution in [-0.2, 0) is 4.74 Å². The predicted molar refractivity (Wildman–Crippen MR) is 65.4 cm³/mol. The van der Waals surface area contributed by atoms with E-state index in [1.54, 1.807) is 0 Å². The summed E-state index contributed by atoms with van der Waals surface area (Å²) < 4.78 is 5.80. The van der Waals surface area contributed by atoms with Gasteiger partial charge in [0.25, 0.3) is 0 Å². The fraction of sp³-hybridized carbons (Fsp3) is 0.538. The van der Waals surface area contributed by atoms with Crippen LogP contribution in [0.1, 0.15) is 25.7 Å². The molecule has 0 heterocycles. The van der Waals surface area contributed by atoms with Crippen LogP contribution in [0.15, 0.2) is 35.2 Å². The summed E-state index contributed by atoms with van der Waals surface area (Å²) >= 11 is 1.88. The molecule has 0 aromatic heterocycles. The van der Waals surface area contributed by atoms with Crippen LogP contribution in [0.2, 0.25) is 0 Å². The second-order valence-corrected chi connectivity index (χ2v) is 5.11. The molecular weight excluding hydrogens is 204 g/mol. The molecule has 15 heavy (non-hydrogen) atoms. The second kappa shape index (κ2) is 6.19. The summed E-state index contributed by atoms with van der Waals surface area (Å²) in [4.78, 5) is 1.34. The second-order valence-electron chi connectivity index (χ2n) is 3.94. The van der Waals surface area contributed by atoms with E-state index >= 15 is 0 Å². The quantitative estimate of drug-likeness (QED) is 0.554. The summed E-state index contributed by atoms with van der Waals surface area (Å²) in [6, 6.07) is 10.5. The lowest BCUT2D eigenvalue weighted by Gasteiger charge is -2.10. The molecule has 0 saturated heterocycles. The topological polar surface area (TPSA) is 9.23 Å². The van der Waals surface area contributed by atoms with Crippen LogP contribution in [0.25, 0.3) is 0 Å². The van der Waals surface area contributed by atoms with Crippen molar-refractivity contribution in [2.24, 2.45) is 0 Å². The number of hydrogen-bond donors (Lipinski definition) is 0. The smallest absolute Gasteiger partial charge is 0.0575 e. The van der Waals surface area contributed by atoms with Crippen LogP contribution in [-0.4, -0.2) is 18.5 Å². The van der Waals surface area contributed by atoms with Crippen molar-refractivity contribution < 1.29 is 4.74 Å². The molecule has 2 heteroatoms. The summed E-state index contributed by atoms with van der Waals surface area (Å²) in [6.07, 6.45) is 5.82. The molecule has 1 nitrogen and oxygen atoms in total. The van der Waals surface area contributed by atoms with Gasteiger partial charge in [-0.1, -0.05) is 31.0 Å². The minimum atomic E-state index is 0.557. The molecule has 1 saturated carbocycles. The van der Waals surface area contributed by atoms with Gasteiger partial charge in [0.1, 0.15) is 0 Å². The molecule has 0 N–H and O–H groups in total. The first-order chi connectivity index (χ1) is 7.45. The van der Waals surface area contributed by atoms with Crippen molar-refractivity contribution >= 4 is 11.8 Å². The van der Waals surface area contributed by atoms with Gasteiger partial charge >= 0.3 is 0 Å². The third-order valence-corrected chi connectivity index (χ3v) is 3.73. The highest BCUT2D eigenvalue weighted by atomic mass is 32.2. The summed E-state index contributed by atoms with van der Waals surface area (Å²) in [7, 11) is 0. The Morgan fingerprint density at radius 3 is 2.60 bits per heavy atom. The van der Waals surface area contributed by atoms with E-state index in [0.717, 1.165) is 12.4 Å². The number of thioether (sulfide) groups is 1. The molecule has 1 fully saturated rings. The Morgan fingerprint density at radius 2 is 1.87 bits per heavy atom. The standard InChI is InChI=1S/C13H18OS/c1-2-8-13(9-3-1)15-11-10-14-12-6-4-5-7-12/h1-3,8-9,12H,4-7,10-11H2. The molecule has 0 spiro atoms. The first-order valence-corrected chi connectivity index (χ1v) is 6.73. The Morgan fingerprint density at radius 1 is 1.13 bits per heavy atom. The highest BCUT2D eigenvalue weighted by Gasteiger charge is 2.14. The highest BCUT2D eigenvalue weighted by molar-refractivity contribution is 7.99. The maximum atomic E-state index is 5.80. The van der Waals surface area contributed by atoms with E-state index in [2.05, 4.69) is 30.3 Å². The monoisotopic (exact) mass is 222 g/mol. The van der Waals surface area contributed by atoms with E-state index in [-0.39, 0.29) is 0 Å². The molecule has 82 valence electrons. The van der Waals surface area contributed by atoms with Crippen molar-refractivity contribution in [3.05, 3.63) is 30.3 Å². The Kier molecular flexibility index (Phi) is 4.55. The van der Waals surface area contributed by atoms with Crippen LogP contribution in [0.3, 0.4) is 0 Å². The third kappa shape index (κ3) is 3.88. The number of benzene rings is 1. The van der Waals surface area contributed by atoms with E-state index in [0.29, 0.717) is 6.10 Å². The zero-order valence-electron chi connectivity index (χ0n) is 9.02. The lowest BCUT2D eigenvalue weighted by atomic mass is 10.3. The fourth-order valence-corrected chi connectivity index (χ4v) is 2.71. The van der Waals surface area contributed by atoms with E-state index in [1.807, 2.05) is 11.8 Å². The third-order valence-electron chi connectivity index (χ3n) is 2.75. The maximum Gasteiger partial charge on any atom is 0.0575 e. The Hall–Kier alpha value is -0.470. The average molecular weight is 222 g/mol. The zero-order valence-corrected chi connectivity index (χ0v) is 9.84. The van der Waals surface area contributed by atoms with E-state index in [4.69, 9.17) is 4.74 Å². The van der Waals surface area contributed by atoms with Gasteiger partial charge in [-0.2, -0.15) is 0 Å². The molecule has 0 atom stereocenters. The fourth-order valence-electron chi connectivity index (χ4n) is 1.95. The molecule has 2 rings (SSSR count). The first kappa shape index (κ1) is 11.0. The van der Waals surface area contributed by atoms with Crippen molar-refractivity contribution in [3.8, 4) is 0 Å². The van der Waals surface area contributed by atoms with Gasteiger partial charge in [-0.25, -0.2) is 0 Å². The van der Waals surface area contributed by atoms with Crippen LogP contribution >= 0.6 is 11.8 Å². The largest absolute Gasteiger partial charge is 0.377 e. The SMILES string of the molecule is c1ccc(SCCOC2CCCC2)cc1. The van der Waals surface area contributed by atoms with Crippen molar-refractivity contribution in [2.75, 3.05) is 12.4 Å². The van der Waals surface area contributed by atoms with Crippen molar-refractivity contribution in [3.63, 3.8) is 0 Å². The van der Waals surface area contributed by atoms with Gasteiger partial charge in [0.05, 0.1) is 12.7 Å². The van der Waals surface area contributed by atoms with E-state index in [9.17, 15) is 0 Å². The van der Waals surface area contributed by atoms with Crippen LogP contribution in [0, 0.1) is 0 Å². The van der Waals surface area contributed by atoms with Crippen LogP contribution in [0.5, 0.6) is 0 Å². The minimum Gasteiger partial charge on any atom is -0.377 e. The van der Waals surface area contributed by atoms with Gasteiger partial charge in [-0.3, -0.25) is 0 Å². The van der Waals surface area contributed by atoms with Gasteiger partial charge < -0.3 is 4.74 Å². The van der Waals surface area contributed by atoms with Crippen molar-refractivity contribution in [1.29, 1.82) is 0 Å². The number of hydrogen-bond acceptors (Lipinski definition) is 2. The predicted octanol–water partition coefficient (Wildman–Crippen LogP) is 3.74. The van der Waals surface area contributed by atoms with E-state index in [1.165, 1.54) is 30.6 Å². The number of ether oxygens (including phenoxy) is 1. The molecule has 0 radical (unpaired) electrons. The van der Waals surface area contributed by atoms with E-state index < -0.39 is 0 Å². The maximum absolute atomic E-state index is 5.80. The Bertz CT molecular complexity index is 267. The molecule has 1 aliphatic rings. The molecule has 1 aliphatic carbocycles. The van der Waals surface area contributed by atoms with Gasteiger partial charge in [-0.05, 0) is 25.0 Å². The lowest BCUT2D eigenvalue weighted by Crippen LogP contribution is -2.09. The molecule has 0 amide bonds. The van der Waals surface area contributed by atoms with Gasteiger partial charge in [0, 0.05) is 10.6 Å². The molecule has 1 aromatic rings. The average Bonchev–Trinajstić information content (AvgIpc) is 2.79. The summed E-state index contributed by atoms with van der Waals surface area (Å²) in [5, 5.41) is 0. The summed E-state index contributed by atoms with van der Waals surface area (Å²) in [5.41, 5.74) is 0. The van der Waals surface area contributed by atoms with Crippen LogP contribution < -0.4 is 0 Å². The normalized spacial score (nSPS) is 17.1. The van der Waals surface area contributed by atoms with Gasteiger partial charge in [-0.15, -0.1) is 11.8 Å². The molecule has 0 aliphatic heterocycles. The Balaban J connectivity index is 1.59. The highest BCUT2D eigenvalue weighted by Crippen LogP contribution is 2.22. The molecule has 0 bridgehead atoms. The Labute approximate surface area is 96.2 Å². The summed E-state index contributed by atoms with van der Waals surface area (Å²) in [6.45, 7) is 0.893. The van der Waals surface area contributed by atoms with Crippen molar-refractivity contribution in [1.82, 2.24) is 0 Å². The lowest BCUT2D eigenvalue weighted by molar-refractivity contribution is 0.0704. The minimum absolute atomic E-state index is 0.557.